The lowest BCUT2D eigenvalue weighted by Crippen LogP contribution is -2.14. The third-order valence-electron chi connectivity index (χ3n) is 8.90. The zero-order chi connectivity index (χ0) is 30.3. The van der Waals surface area contributed by atoms with Crippen LogP contribution in [0.3, 0.4) is 0 Å². The first-order valence-electron chi connectivity index (χ1n) is 15.4. The van der Waals surface area contributed by atoms with E-state index in [0.717, 1.165) is 38.6 Å². The van der Waals surface area contributed by atoms with Crippen LogP contribution in [0.2, 0.25) is 0 Å². The number of nitrogens with zero attached hydrogens (tertiary/aromatic N) is 2. The van der Waals surface area contributed by atoms with E-state index in [1.54, 1.807) is 0 Å². The van der Waals surface area contributed by atoms with Gasteiger partial charge in [-0.25, -0.2) is 0 Å². The third kappa shape index (κ3) is 4.90. The second-order valence-electron chi connectivity index (χ2n) is 11.6. The molecule has 0 spiro atoms. The summed E-state index contributed by atoms with van der Waals surface area (Å²) in [6, 6.07) is 58.9. The molecule has 3 heteroatoms. The Morgan fingerprint density at radius 3 is 1.82 bits per heavy atom. The van der Waals surface area contributed by atoms with E-state index in [4.69, 9.17) is 0 Å². The summed E-state index contributed by atoms with van der Waals surface area (Å²) in [5.74, 6) is 0.340. The van der Waals surface area contributed by atoms with Crippen molar-refractivity contribution in [3.63, 3.8) is 0 Å². The van der Waals surface area contributed by atoms with Gasteiger partial charge >= 0.3 is 0 Å². The van der Waals surface area contributed by atoms with Crippen LogP contribution in [0.5, 0.6) is 0 Å². The van der Waals surface area contributed by atoms with Crippen LogP contribution in [0, 0.1) is 0 Å². The fourth-order valence-corrected chi connectivity index (χ4v) is 7.30. The molecule has 0 heterocycles. The van der Waals surface area contributed by atoms with Crippen molar-refractivity contribution in [2.45, 2.75) is 12.8 Å². The van der Waals surface area contributed by atoms with Crippen LogP contribution < -0.4 is 9.80 Å². The van der Waals surface area contributed by atoms with Gasteiger partial charge in [0.15, 0.2) is 0 Å². The van der Waals surface area contributed by atoms with Crippen molar-refractivity contribution in [2.24, 2.45) is 0 Å². The molecule has 1 aliphatic carbocycles. The zero-order valence-corrected chi connectivity index (χ0v) is 26.5. The van der Waals surface area contributed by atoms with E-state index in [2.05, 4.69) is 196 Å². The van der Waals surface area contributed by atoms with E-state index >= 15 is 0 Å². The lowest BCUT2D eigenvalue weighted by molar-refractivity contribution is 0.956. The molecule has 7 aromatic rings. The van der Waals surface area contributed by atoms with Crippen LogP contribution in [0.25, 0.3) is 21.9 Å². The molecule has 1 aliphatic rings. The molecule has 0 aromatic heterocycles. The van der Waals surface area contributed by atoms with Gasteiger partial charge in [-0.2, -0.15) is 0 Å². The second-order valence-corrected chi connectivity index (χ2v) is 12.5. The van der Waals surface area contributed by atoms with Crippen molar-refractivity contribution in [1.29, 1.82) is 0 Å². The van der Waals surface area contributed by atoms with Crippen molar-refractivity contribution in [2.75, 3.05) is 9.80 Å². The number of halogens is 1. The van der Waals surface area contributed by atoms with E-state index in [-0.39, 0.29) is 0 Å². The molecule has 0 aliphatic heterocycles. The summed E-state index contributed by atoms with van der Waals surface area (Å²) in [4.78, 5) is 4.73. The Labute approximate surface area is 273 Å². The van der Waals surface area contributed by atoms with Crippen molar-refractivity contribution in [3.05, 3.63) is 179 Å². The van der Waals surface area contributed by atoms with Crippen LogP contribution in [-0.2, 0) is 0 Å². The Balaban J connectivity index is 1.32. The molecule has 2 nitrogen and oxygen atoms in total. The number of fused-ring (bicyclic) bond motifs is 4. The molecule has 1 unspecified atom stereocenters. The molecule has 0 radical (unpaired) electrons. The number of benzene rings is 7. The fraction of sp³-hybridized carbons (Fsp3) is 0.0476. The Kier molecular flexibility index (Phi) is 6.96. The highest BCUT2D eigenvalue weighted by Crippen LogP contribution is 2.48. The Morgan fingerprint density at radius 2 is 1.04 bits per heavy atom. The summed E-state index contributed by atoms with van der Waals surface area (Å²) in [5, 5.41) is 2.42. The maximum atomic E-state index is 3.92. The molecular formula is C42H31BrN2. The zero-order valence-electron chi connectivity index (χ0n) is 24.9. The Morgan fingerprint density at radius 1 is 0.444 bits per heavy atom. The molecule has 0 N–H and O–H groups in total. The topological polar surface area (TPSA) is 6.48 Å². The molecule has 0 amide bonds. The summed E-state index contributed by atoms with van der Waals surface area (Å²) in [5.41, 5.74) is 12.1. The minimum absolute atomic E-state index is 0.340. The third-order valence-corrected chi connectivity index (χ3v) is 9.36. The average molecular weight is 644 g/mol. The quantitative estimate of drug-likeness (QED) is 0.178. The number of anilines is 6. The predicted molar refractivity (Wildman–Crippen MR) is 194 cm³/mol. The highest BCUT2D eigenvalue weighted by molar-refractivity contribution is 9.10. The number of hydrogen-bond donors (Lipinski definition) is 0. The van der Waals surface area contributed by atoms with Gasteiger partial charge in [-0.05, 0) is 88.3 Å². The minimum atomic E-state index is 0.340. The lowest BCUT2D eigenvalue weighted by atomic mass is 9.98. The van der Waals surface area contributed by atoms with Crippen LogP contribution in [0.1, 0.15) is 24.0 Å². The van der Waals surface area contributed by atoms with Gasteiger partial charge in [0.05, 0.1) is 5.69 Å². The van der Waals surface area contributed by atoms with Gasteiger partial charge in [0.25, 0.3) is 0 Å². The Bertz CT molecular complexity index is 2150. The van der Waals surface area contributed by atoms with Crippen molar-refractivity contribution >= 4 is 60.8 Å². The predicted octanol–water partition coefficient (Wildman–Crippen LogP) is 12.7. The molecule has 1 atom stereocenters. The molecule has 7 aromatic carbocycles. The smallest absolute Gasteiger partial charge is 0.0540 e. The van der Waals surface area contributed by atoms with E-state index in [1.165, 1.54) is 33.0 Å². The minimum Gasteiger partial charge on any atom is -0.310 e. The molecule has 0 bridgehead atoms. The van der Waals surface area contributed by atoms with Gasteiger partial charge < -0.3 is 9.80 Å². The molecular weight excluding hydrogens is 612 g/mol. The standard InChI is InChI=1S/C42H31BrN2/c1-29-37-19-10-11-21-39(37)40-24-23-34(28-41(29)40)44(32-15-4-2-5-16-32)35-25-31(43)26-36(27-35)45(33-17-6-3-7-18-33)42-22-12-14-30-13-8-9-20-38(30)42/h2-29H,1H3. The van der Waals surface area contributed by atoms with Gasteiger partial charge in [-0.3, -0.25) is 0 Å². The summed E-state index contributed by atoms with van der Waals surface area (Å²) in [6.07, 6.45) is 0. The number of para-hydroxylation sites is 2. The van der Waals surface area contributed by atoms with Crippen LogP contribution in [0.4, 0.5) is 34.1 Å². The lowest BCUT2D eigenvalue weighted by Gasteiger charge is -2.30. The van der Waals surface area contributed by atoms with Crippen molar-refractivity contribution in [3.8, 4) is 11.1 Å². The molecule has 0 fully saturated rings. The van der Waals surface area contributed by atoms with Crippen molar-refractivity contribution < 1.29 is 0 Å². The summed E-state index contributed by atoms with van der Waals surface area (Å²) >= 11 is 3.92. The van der Waals surface area contributed by atoms with Gasteiger partial charge in [0.1, 0.15) is 0 Å². The summed E-state index contributed by atoms with van der Waals surface area (Å²) in [6.45, 7) is 2.32. The van der Waals surface area contributed by atoms with E-state index < -0.39 is 0 Å². The highest BCUT2D eigenvalue weighted by Gasteiger charge is 2.27. The first-order valence-corrected chi connectivity index (χ1v) is 16.2. The van der Waals surface area contributed by atoms with Crippen LogP contribution in [0.15, 0.2) is 168 Å². The highest BCUT2D eigenvalue weighted by atomic mass is 79.9. The summed E-state index contributed by atoms with van der Waals surface area (Å²) in [7, 11) is 0. The first-order chi connectivity index (χ1) is 22.2. The normalized spacial score (nSPS) is 13.3. The van der Waals surface area contributed by atoms with Gasteiger partial charge in [0.2, 0.25) is 0 Å². The molecule has 0 saturated heterocycles. The molecule has 8 rings (SSSR count). The molecule has 45 heavy (non-hydrogen) atoms. The van der Waals surface area contributed by atoms with E-state index in [1.807, 2.05) is 0 Å². The van der Waals surface area contributed by atoms with Crippen LogP contribution >= 0.6 is 15.9 Å². The molecule has 216 valence electrons. The van der Waals surface area contributed by atoms with Gasteiger partial charge in [0, 0.05) is 44.2 Å². The average Bonchev–Trinajstić information content (AvgIpc) is 3.37. The monoisotopic (exact) mass is 642 g/mol. The van der Waals surface area contributed by atoms with Crippen LogP contribution in [-0.4, -0.2) is 0 Å². The summed E-state index contributed by atoms with van der Waals surface area (Å²) < 4.78 is 1.01. The van der Waals surface area contributed by atoms with E-state index in [9.17, 15) is 0 Å². The molecule has 0 saturated carbocycles. The van der Waals surface area contributed by atoms with Gasteiger partial charge in [-0.15, -0.1) is 0 Å². The fourth-order valence-electron chi connectivity index (χ4n) is 6.83. The van der Waals surface area contributed by atoms with E-state index in [0.29, 0.717) is 5.92 Å². The first kappa shape index (κ1) is 27.4. The largest absolute Gasteiger partial charge is 0.310 e. The Hall–Kier alpha value is -5.12. The van der Waals surface area contributed by atoms with Gasteiger partial charge in [-0.1, -0.05) is 126 Å². The van der Waals surface area contributed by atoms with Crippen molar-refractivity contribution in [1.82, 2.24) is 0 Å². The maximum absolute atomic E-state index is 3.92. The second kappa shape index (κ2) is 11.4. The SMILES string of the molecule is CC1c2ccccc2-c2ccc(N(c3ccccc3)c3cc(Br)cc(N(c4ccccc4)c4cccc5ccccc45)c3)cc21. The number of rotatable bonds is 6. The maximum Gasteiger partial charge on any atom is 0.0540 e. The number of hydrogen-bond acceptors (Lipinski definition) is 2.